The summed E-state index contributed by atoms with van der Waals surface area (Å²) in [6, 6.07) is 10.6. The number of nitrogens with zero attached hydrogens (tertiary/aromatic N) is 5. The van der Waals surface area contributed by atoms with Crippen LogP contribution in [0.3, 0.4) is 0 Å². The second-order valence-electron chi connectivity index (χ2n) is 8.23. The standard InChI is InChI=1S/C25H31N7/c1-4-28-12-11-21(27)16-32-23-9-7-19(18(3)26)14-22(23)30-25(32)20-8-10-24(29-15-20)31-13-5-6-17(31)2/h7-12,14-15,17H,3-6,13,16,26-27H2,1-2H3. The van der Waals surface area contributed by atoms with Gasteiger partial charge in [-0.05, 0) is 62.6 Å². The van der Waals surface area contributed by atoms with Crippen molar-refractivity contribution in [3.05, 3.63) is 60.4 Å². The van der Waals surface area contributed by atoms with Gasteiger partial charge in [0.2, 0.25) is 0 Å². The van der Waals surface area contributed by atoms with Crippen molar-refractivity contribution < 1.29 is 0 Å². The van der Waals surface area contributed by atoms with E-state index in [0.29, 0.717) is 24.0 Å². The monoisotopic (exact) mass is 429 g/mol. The van der Waals surface area contributed by atoms with Crippen molar-refractivity contribution >= 4 is 28.8 Å². The van der Waals surface area contributed by atoms with Gasteiger partial charge in [-0.2, -0.15) is 0 Å². The number of hydrogen-bond acceptors (Lipinski definition) is 6. The third-order valence-electron chi connectivity index (χ3n) is 5.89. The van der Waals surface area contributed by atoms with Crippen LogP contribution in [-0.4, -0.2) is 39.9 Å². The van der Waals surface area contributed by atoms with Gasteiger partial charge in [0, 0.05) is 48.5 Å². The first kappa shape index (κ1) is 21.6. The number of rotatable bonds is 7. The summed E-state index contributed by atoms with van der Waals surface area (Å²) < 4.78 is 2.11. The van der Waals surface area contributed by atoms with E-state index in [9.17, 15) is 0 Å². The van der Waals surface area contributed by atoms with Gasteiger partial charge in [0.1, 0.15) is 11.6 Å². The number of aromatic nitrogens is 3. The first-order chi connectivity index (χ1) is 15.5. The number of nitrogens with two attached hydrogens (primary N) is 2. The molecule has 3 heterocycles. The molecule has 32 heavy (non-hydrogen) atoms. The van der Waals surface area contributed by atoms with Gasteiger partial charge in [-0.3, -0.25) is 4.99 Å². The molecule has 1 unspecified atom stereocenters. The molecule has 4 N–H and O–H groups in total. The minimum atomic E-state index is 0.495. The first-order valence-electron chi connectivity index (χ1n) is 11.1. The van der Waals surface area contributed by atoms with E-state index in [0.717, 1.165) is 46.9 Å². The van der Waals surface area contributed by atoms with E-state index in [-0.39, 0.29) is 0 Å². The molecule has 3 aromatic rings. The molecule has 0 bridgehead atoms. The molecule has 0 amide bonds. The minimum absolute atomic E-state index is 0.495. The van der Waals surface area contributed by atoms with Crippen LogP contribution in [0.15, 0.2) is 59.9 Å². The van der Waals surface area contributed by atoms with Gasteiger partial charge >= 0.3 is 0 Å². The summed E-state index contributed by atoms with van der Waals surface area (Å²) in [6.45, 7) is 10.4. The molecule has 7 nitrogen and oxygen atoms in total. The van der Waals surface area contributed by atoms with Gasteiger partial charge in [0.25, 0.3) is 0 Å². The molecule has 1 fully saturated rings. The van der Waals surface area contributed by atoms with Crippen molar-refractivity contribution in [2.75, 3.05) is 18.0 Å². The van der Waals surface area contributed by atoms with Crippen LogP contribution >= 0.6 is 0 Å². The number of aliphatic imine (C=N–C) groups is 1. The molecular weight excluding hydrogens is 398 g/mol. The van der Waals surface area contributed by atoms with E-state index in [1.807, 2.05) is 37.4 Å². The molecule has 1 saturated heterocycles. The summed E-state index contributed by atoms with van der Waals surface area (Å²) in [6.07, 6.45) is 7.91. The van der Waals surface area contributed by atoms with Crippen LogP contribution in [-0.2, 0) is 6.54 Å². The molecule has 4 rings (SSSR count). The summed E-state index contributed by atoms with van der Waals surface area (Å²) in [7, 11) is 0. The lowest BCUT2D eigenvalue weighted by molar-refractivity contribution is 0.727. The average Bonchev–Trinajstić information content (AvgIpc) is 3.37. The molecule has 0 saturated carbocycles. The second kappa shape index (κ2) is 9.26. The number of allylic oxidation sites excluding steroid dienone is 2. The zero-order valence-corrected chi connectivity index (χ0v) is 18.8. The molecule has 0 spiro atoms. The highest BCUT2D eigenvalue weighted by molar-refractivity contribution is 5.84. The maximum Gasteiger partial charge on any atom is 0.143 e. The van der Waals surface area contributed by atoms with Crippen LogP contribution in [0.1, 0.15) is 32.3 Å². The molecule has 1 aromatic carbocycles. The number of benzene rings is 1. The van der Waals surface area contributed by atoms with E-state index in [1.165, 1.54) is 12.8 Å². The Morgan fingerprint density at radius 2 is 2.12 bits per heavy atom. The molecule has 166 valence electrons. The van der Waals surface area contributed by atoms with E-state index in [2.05, 4.69) is 40.1 Å². The van der Waals surface area contributed by atoms with Crippen molar-refractivity contribution in [3.8, 4) is 11.4 Å². The quantitative estimate of drug-likeness (QED) is 0.554. The zero-order valence-electron chi connectivity index (χ0n) is 18.8. The number of fused-ring (bicyclic) bond motifs is 1. The Kier molecular flexibility index (Phi) is 6.25. The zero-order chi connectivity index (χ0) is 22.7. The number of hydrogen-bond donors (Lipinski definition) is 2. The predicted octanol–water partition coefficient (Wildman–Crippen LogP) is 3.95. The van der Waals surface area contributed by atoms with Crippen LogP contribution in [0.2, 0.25) is 0 Å². The molecule has 1 aliphatic rings. The minimum Gasteiger partial charge on any atom is -0.401 e. The summed E-state index contributed by atoms with van der Waals surface area (Å²) >= 11 is 0. The maximum absolute atomic E-state index is 6.31. The van der Waals surface area contributed by atoms with E-state index < -0.39 is 0 Å². The molecule has 7 heteroatoms. The Balaban J connectivity index is 1.75. The van der Waals surface area contributed by atoms with Gasteiger partial charge in [-0.1, -0.05) is 12.6 Å². The molecular formula is C25H31N7. The molecule has 1 atom stereocenters. The summed E-state index contributed by atoms with van der Waals surface area (Å²) in [5, 5.41) is 0. The first-order valence-corrected chi connectivity index (χ1v) is 11.1. The lowest BCUT2D eigenvalue weighted by atomic mass is 10.1. The highest BCUT2D eigenvalue weighted by Crippen LogP contribution is 2.29. The van der Waals surface area contributed by atoms with Crippen molar-refractivity contribution in [1.29, 1.82) is 0 Å². The predicted molar refractivity (Wildman–Crippen MR) is 134 cm³/mol. The topological polar surface area (TPSA) is 98.3 Å². The van der Waals surface area contributed by atoms with Crippen LogP contribution in [0.4, 0.5) is 5.82 Å². The van der Waals surface area contributed by atoms with Gasteiger partial charge in [0.05, 0.1) is 17.6 Å². The lowest BCUT2D eigenvalue weighted by Gasteiger charge is -2.22. The summed E-state index contributed by atoms with van der Waals surface area (Å²) in [5.41, 5.74) is 17.1. The lowest BCUT2D eigenvalue weighted by Crippen LogP contribution is -2.26. The van der Waals surface area contributed by atoms with Gasteiger partial charge in [0.15, 0.2) is 0 Å². The van der Waals surface area contributed by atoms with Gasteiger partial charge in [-0.25, -0.2) is 9.97 Å². The van der Waals surface area contributed by atoms with Crippen molar-refractivity contribution in [2.45, 2.75) is 39.3 Å². The van der Waals surface area contributed by atoms with Gasteiger partial charge in [-0.15, -0.1) is 0 Å². The normalized spacial score (nSPS) is 17.0. The number of anilines is 1. The Bertz CT molecular complexity index is 1170. The third-order valence-corrected chi connectivity index (χ3v) is 5.89. The van der Waals surface area contributed by atoms with Crippen LogP contribution in [0.5, 0.6) is 0 Å². The fourth-order valence-electron chi connectivity index (χ4n) is 4.16. The van der Waals surface area contributed by atoms with Gasteiger partial charge < -0.3 is 20.9 Å². The second-order valence-corrected chi connectivity index (χ2v) is 8.23. The number of imidazole rings is 1. The summed E-state index contributed by atoms with van der Waals surface area (Å²) in [5.74, 6) is 1.83. The molecule has 0 aliphatic carbocycles. The van der Waals surface area contributed by atoms with Crippen LogP contribution in [0, 0.1) is 0 Å². The maximum atomic E-state index is 6.31. The van der Waals surface area contributed by atoms with E-state index >= 15 is 0 Å². The average molecular weight is 430 g/mol. The Hall–Kier alpha value is -3.61. The Morgan fingerprint density at radius 1 is 1.28 bits per heavy atom. The highest BCUT2D eigenvalue weighted by Gasteiger charge is 2.22. The third kappa shape index (κ3) is 4.37. The van der Waals surface area contributed by atoms with Crippen molar-refractivity contribution in [3.63, 3.8) is 0 Å². The van der Waals surface area contributed by atoms with Crippen LogP contribution < -0.4 is 16.4 Å². The molecule has 0 radical (unpaired) electrons. The van der Waals surface area contributed by atoms with Crippen molar-refractivity contribution in [2.24, 2.45) is 16.5 Å². The molecule has 2 aromatic heterocycles. The van der Waals surface area contributed by atoms with E-state index in [4.69, 9.17) is 21.4 Å². The SMILES string of the molecule is C=C(N)c1ccc2c(c1)nc(-c1ccc(N3CCCC3C)nc1)n2CC(N)=CC=NCC. The number of pyridine rings is 1. The van der Waals surface area contributed by atoms with Crippen LogP contribution in [0.25, 0.3) is 28.1 Å². The molecule has 1 aliphatic heterocycles. The van der Waals surface area contributed by atoms with Crippen molar-refractivity contribution in [1.82, 2.24) is 14.5 Å². The Morgan fingerprint density at radius 3 is 2.78 bits per heavy atom. The highest BCUT2D eigenvalue weighted by atomic mass is 15.2. The fraction of sp³-hybridized carbons (Fsp3) is 0.320. The smallest absolute Gasteiger partial charge is 0.143 e. The Labute approximate surface area is 189 Å². The largest absolute Gasteiger partial charge is 0.401 e. The summed E-state index contributed by atoms with van der Waals surface area (Å²) in [4.78, 5) is 16.3. The fourth-order valence-corrected chi connectivity index (χ4v) is 4.16. The van der Waals surface area contributed by atoms with E-state index in [1.54, 1.807) is 6.21 Å².